The number of aliphatic carboxylic acids is 1. The number of carbonyl (C=O) groups is 1. The molecule has 2 rings (SSSR count). The molecule has 0 aliphatic rings. The van der Waals surface area contributed by atoms with Crippen LogP contribution in [0.15, 0.2) is 35.2 Å². The molecule has 0 unspecified atom stereocenters. The highest BCUT2D eigenvalue weighted by Crippen LogP contribution is 2.35. The van der Waals surface area contributed by atoms with Crippen LogP contribution < -0.4 is 4.74 Å². The summed E-state index contributed by atoms with van der Waals surface area (Å²) in [5.74, 6) is 0.959. The smallest absolute Gasteiger partial charge is 0.307 e. The topological polar surface area (TPSA) is 90.6 Å². The zero-order chi connectivity index (χ0) is 26.0. The molecule has 3 N–H and O–H groups in total. The third-order valence-electron chi connectivity index (χ3n) is 5.58. The van der Waals surface area contributed by atoms with Crippen molar-refractivity contribution in [2.45, 2.75) is 84.5 Å². The summed E-state index contributed by atoms with van der Waals surface area (Å²) in [7, 11) is 0. The van der Waals surface area contributed by atoms with E-state index in [0.717, 1.165) is 42.6 Å². The maximum Gasteiger partial charge on any atom is 0.307 e. The van der Waals surface area contributed by atoms with Crippen LogP contribution in [0.3, 0.4) is 0 Å². The van der Waals surface area contributed by atoms with Crippen molar-refractivity contribution >= 4 is 23.4 Å². The first-order valence-corrected chi connectivity index (χ1v) is 13.6. The Hall–Kier alpha value is -2.47. The molecule has 0 fully saturated rings. The van der Waals surface area contributed by atoms with E-state index < -0.39 is 5.97 Å². The van der Waals surface area contributed by atoms with Crippen LogP contribution in [0.1, 0.15) is 82.6 Å². The molecule has 0 saturated carbocycles. The number of hydrogen-bond donors (Lipinski definition) is 3. The van der Waals surface area contributed by atoms with E-state index in [0.29, 0.717) is 36.5 Å². The van der Waals surface area contributed by atoms with E-state index in [1.165, 1.54) is 10.5 Å². The van der Waals surface area contributed by atoms with Gasteiger partial charge in [-0.1, -0.05) is 59.6 Å². The van der Waals surface area contributed by atoms with Gasteiger partial charge in [-0.15, -0.1) is 11.8 Å². The van der Waals surface area contributed by atoms with Gasteiger partial charge in [0.15, 0.2) is 0 Å². The maximum atomic E-state index is 11.0. The van der Waals surface area contributed by atoms with E-state index in [2.05, 4.69) is 34.6 Å². The van der Waals surface area contributed by atoms with Crippen LogP contribution >= 0.6 is 11.8 Å². The summed E-state index contributed by atoms with van der Waals surface area (Å²) in [4.78, 5) is 12.2. The quantitative estimate of drug-likeness (QED) is 0.144. The summed E-state index contributed by atoms with van der Waals surface area (Å²) in [5, 5.41) is 28.4. The SMILES string of the molecule is CCCc1cc(CC(=O)O)ccc1SCCCOc1ccc(C(=N)CC(C)(C)C)c(O)c1CCC. The summed E-state index contributed by atoms with van der Waals surface area (Å²) in [6.45, 7) is 11.0. The van der Waals surface area contributed by atoms with Crippen LogP contribution in [0.5, 0.6) is 11.5 Å². The molecule has 0 atom stereocenters. The Morgan fingerprint density at radius 3 is 2.43 bits per heavy atom. The first-order chi connectivity index (χ1) is 16.6. The second-order valence-electron chi connectivity index (χ2n) is 10.2. The van der Waals surface area contributed by atoms with Gasteiger partial charge in [0.05, 0.1) is 13.0 Å². The third-order valence-corrected chi connectivity index (χ3v) is 6.78. The summed E-state index contributed by atoms with van der Waals surface area (Å²) >= 11 is 1.77. The van der Waals surface area contributed by atoms with Crippen molar-refractivity contribution in [1.82, 2.24) is 0 Å². The minimum atomic E-state index is -0.808. The van der Waals surface area contributed by atoms with Crippen LogP contribution in [0.2, 0.25) is 0 Å². The minimum Gasteiger partial charge on any atom is -0.507 e. The number of carboxylic acids is 1. The number of thioether (sulfide) groups is 1. The van der Waals surface area contributed by atoms with Gasteiger partial charge >= 0.3 is 5.97 Å². The highest BCUT2D eigenvalue weighted by atomic mass is 32.2. The summed E-state index contributed by atoms with van der Waals surface area (Å²) in [6.07, 6.45) is 5.03. The zero-order valence-corrected chi connectivity index (χ0v) is 22.7. The van der Waals surface area contributed by atoms with Crippen LogP contribution in [0.4, 0.5) is 0 Å². The molecule has 2 aromatic rings. The Bertz CT molecular complexity index is 1010. The number of rotatable bonds is 14. The number of phenolic OH excluding ortho intramolecular Hbond substituents is 1. The van der Waals surface area contributed by atoms with Crippen LogP contribution in [0.25, 0.3) is 0 Å². The molecule has 2 aromatic carbocycles. The number of phenols is 1. The largest absolute Gasteiger partial charge is 0.507 e. The standard InChI is InChI=1S/C29H41NO4S/c1-6-9-21-17-20(18-27(31)32)11-14-26(21)35-16-8-15-34-25-13-12-22(24(30)19-29(3,4)5)28(33)23(25)10-7-2/h11-14,17,30,33H,6-10,15-16,18-19H2,1-5H3,(H,31,32). The average Bonchev–Trinajstić information content (AvgIpc) is 2.75. The van der Waals surface area contributed by atoms with Gasteiger partial charge in [-0.3, -0.25) is 4.79 Å². The van der Waals surface area contributed by atoms with E-state index in [1.807, 2.05) is 30.3 Å². The third kappa shape index (κ3) is 9.25. The number of hydrogen-bond acceptors (Lipinski definition) is 5. The van der Waals surface area contributed by atoms with E-state index in [-0.39, 0.29) is 17.6 Å². The Morgan fingerprint density at radius 1 is 1.09 bits per heavy atom. The molecule has 192 valence electrons. The maximum absolute atomic E-state index is 11.0. The molecular formula is C29H41NO4S. The summed E-state index contributed by atoms with van der Waals surface area (Å²) in [6, 6.07) is 9.67. The van der Waals surface area contributed by atoms with Gasteiger partial charge in [0, 0.05) is 27.5 Å². The molecule has 0 saturated heterocycles. The lowest BCUT2D eigenvalue weighted by atomic mass is 9.86. The van der Waals surface area contributed by atoms with Crippen molar-refractivity contribution in [2.24, 2.45) is 5.41 Å². The fraction of sp³-hybridized carbons (Fsp3) is 0.517. The minimum absolute atomic E-state index is 0.0190. The van der Waals surface area contributed by atoms with E-state index in [9.17, 15) is 9.90 Å². The predicted octanol–water partition coefficient (Wildman–Crippen LogP) is 7.29. The van der Waals surface area contributed by atoms with E-state index >= 15 is 0 Å². The van der Waals surface area contributed by atoms with Crippen molar-refractivity contribution < 1.29 is 19.7 Å². The van der Waals surface area contributed by atoms with Crippen molar-refractivity contribution in [3.05, 3.63) is 52.6 Å². The van der Waals surface area contributed by atoms with Gasteiger partial charge in [0.1, 0.15) is 11.5 Å². The Labute approximate surface area is 214 Å². The lowest BCUT2D eigenvalue weighted by molar-refractivity contribution is -0.136. The fourth-order valence-corrected chi connectivity index (χ4v) is 5.05. The molecule has 0 radical (unpaired) electrons. The van der Waals surface area contributed by atoms with Crippen molar-refractivity contribution in [3.63, 3.8) is 0 Å². The van der Waals surface area contributed by atoms with E-state index in [4.69, 9.17) is 15.3 Å². The van der Waals surface area contributed by atoms with Gasteiger partial charge in [-0.25, -0.2) is 0 Å². The second-order valence-corrected chi connectivity index (χ2v) is 11.4. The molecule has 5 nitrogen and oxygen atoms in total. The molecule has 0 aliphatic heterocycles. The number of nitrogens with one attached hydrogen (secondary N) is 1. The number of carboxylic acid groups (broad SMARTS) is 1. The molecule has 6 heteroatoms. The molecule has 35 heavy (non-hydrogen) atoms. The lowest BCUT2D eigenvalue weighted by Gasteiger charge is -2.21. The first kappa shape index (κ1) is 28.8. The monoisotopic (exact) mass is 499 g/mol. The predicted molar refractivity (Wildman–Crippen MR) is 146 cm³/mol. The molecule has 0 aliphatic carbocycles. The Balaban J connectivity index is 2.00. The number of aryl methyl sites for hydroxylation is 1. The van der Waals surface area contributed by atoms with Gasteiger partial charge in [0.25, 0.3) is 0 Å². The van der Waals surface area contributed by atoms with Crippen LogP contribution in [-0.4, -0.2) is 34.3 Å². The highest BCUT2D eigenvalue weighted by molar-refractivity contribution is 7.99. The summed E-state index contributed by atoms with van der Waals surface area (Å²) in [5.41, 5.74) is 3.87. The van der Waals surface area contributed by atoms with E-state index in [1.54, 1.807) is 11.8 Å². The second kappa shape index (κ2) is 13.6. The average molecular weight is 500 g/mol. The Kier molecular flexibility index (Phi) is 11.2. The first-order valence-electron chi connectivity index (χ1n) is 12.6. The zero-order valence-electron chi connectivity index (χ0n) is 21.9. The number of ether oxygens (including phenoxy) is 1. The lowest BCUT2D eigenvalue weighted by Crippen LogP contribution is -2.14. The number of aromatic hydroxyl groups is 1. The summed E-state index contributed by atoms with van der Waals surface area (Å²) < 4.78 is 6.08. The highest BCUT2D eigenvalue weighted by Gasteiger charge is 2.20. The van der Waals surface area contributed by atoms with Crippen LogP contribution in [-0.2, 0) is 24.1 Å². The van der Waals surface area contributed by atoms with Gasteiger partial charge in [-0.05, 0) is 60.4 Å². The van der Waals surface area contributed by atoms with Gasteiger partial charge in [-0.2, -0.15) is 0 Å². The Morgan fingerprint density at radius 2 is 1.80 bits per heavy atom. The molecule has 0 bridgehead atoms. The molecule has 0 spiro atoms. The van der Waals surface area contributed by atoms with Crippen molar-refractivity contribution in [3.8, 4) is 11.5 Å². The molecule has 0 amide bonds. The normalized spacial score (nSPS) is 11.5. The number of benzene rings is 2. The molecule has 0 heterocycles. The van der Waals surface area contributed by atoms with Gasteiger partial charge < -0.3 is 20.4 Å². The molecule has 0 aromatic heterocycles. The van der Waals surface area contributed by atoms with Crippen LogP contribution in [0, 0.1) is 10.8 Å². The van der Waals surface area contributed by atoms with Gasteiger partial charge in [0.2, 0.25) is 0 Å². The van der Waals surface area contributed by atoms with Crippen molar-refractivity contribution in [1.29, 1.82) is 5.41 Å². The van der Waals surface area contributed by atoms with Crippen molar-refractivity contribution in [2.75, 3.05) is 12.4 Å². The molecular weight excluding hydrogens is 458 g/mol. The fourth-order valence-electron chi connectivity index (χ4n) is 4.06.